The van der Waals surface area contributed by atoms with Gasteiger partial charge in [-0.25, -0.2) is 0 Å². The van der Waals surface area contributed by atoms with Gasteiger partial charge in [-0.3, -0.25) is 4.79 Å². The van der Waals surface area contributed by atoms with E-state index in [1.165, 1.54) is 43.1 Å². The molecule has 3 rings (SSSR count). The summed E-state index contributed by atoms with van der Waals surface area (Å²) in [7, 11) is 1.44. The van der Waals surface area contributed by atoms with Gasteiger partial charge in [0, 0.05) is 0 Å². The van der Waals surface area contributed by atoms with Crippen LogP contribution < -0.4 is 0 Å². The number of esters is 1. The van der Waals surface area contributed by atoms with E-state index in [1.807, 2.05) is 0 Å². The molecular weight excluding hydrogens is 228 g/mol. The van der Waals surface area contributed by atoms with Gasteiger partial charge < -0.3 is 9.47 Å². The van der Waals surface area contributed by atoms with Crippen LogP contribution in [0.15, 0.2) is 18.2 Å². The number of aryl methyl sites for hydroxylation is 2. The molecule has 1 aromatic rings. The van der Waals surface area contributed by atoms with Gasteiger partial charge in [0.2, 0.25) is 0 Å². The van der Waals surface area contributed by atoms with E-state index in [0.717, 1.165) is 0 Å². The summed E-state index contributed by atoms with van der Waals surface area (Å²) in [5, 5.41) is 0. The Morgan fingerprint density at radius 1 is 1.33 bits per heavy atom. The zero-order valence-corrected chi connectivity index (χ0v) is 10.7. The lowest BCUT2D eigenvalue weighted by Gasteiger charge is -2.41. The number of methoxy groups -OCH3 is 1. The molecule has 1 saturated heterocycles. The van der Waals surface area contributed by atoms with E-state index in [4.69, 9.17) is 9.47 Å². The fraction of sp³-hybridized carbons (Fsp3) is 0.533. The molecule has 1 aliphatic carbocycles. The minimum absolute atomic E-state index is 0.148. The highest BCUT2D eigenvalue weighted by Crippen LogP contribution is 2.38. The summed E-state index contributed by atoms with van der Waals surface area (Å²) in [6.45, 7) is 1.25. The van der Waals surface area contributed by atoms with Crippen molar-refractivity contribution < 1.29 is 14.3 Å². The van der Waals surface area contributed by atoms with Crippen molar-refractivity contribution in [3.8, 4) is 0 Å². The van der Waals surface area contributed by atoms with Crippen molar-refractivity contribution in [2.24, 2.45) is 0 Å². The summed E-state index contributed by atoms with van der Waals surface area (Å²) in [6, 6.07) is 6.65. The molecule has 1 heterocycles. The highest BCUT2D eigenvalue weighted by Gasteiger charge is 2.43. The van der Waals surface area contributed by atoms with Gasteiger partial charge in [0.05, 0.1) is 32.2 Å². The molecule has 0 amide bonds. The number of rotatable bonds is 3. The molecule has 0 bridgehead atoms. The molecule has 0 N–H and O–H groups in total. The molecule has 3 heteroatoms. The predicted octanol–water partition coefficient (Wildman–Crippen LogP) is 2.01. The van der Waals surface area contributed by atoms with E-state index in [1.54, 1.807) is 0 Å². The molecule has 18 heavy (non-hydrogen) atoms. The second-order valence-corrected chi connectivity index (χ2v) is 5.36. The number of hydrogen-bond acceptors (Lipinski definition) is 3. The van der Waals surface area contributed by atoms with Gasteiger partial charge >= 0.3 is 5.97 Å². The number of fused-ring (bicyclic) bond motifs is 1. The molecule has 0 spiro atoms. The van der Waals surface area contributed by atoms with Gasteiger partial charge in [0.1, 0.15) is 0 Å². The maximum atomic E-state index is 11.5. The van der Waals surface area contributed by atoms with E-state index >= 15 is 0 Å². The van der Waals surface area contributed by atoms with Crippen molar-refractivity contribution in [2.45, 2.75) is 31.1 Å². The van der Waals surface area contributed by atoms with Gasteiger partial charge in [0.25, 0.3) is 0 Å². The van der Waals surface area contributed by atoms with Gasteiger partial charge in [-0.1, -0.05) is 18.2 Å². The first-order chi connectivity index (χ1) is 8.73. The van der Waals surface area contributed by atoms with Gasteiger partial charge in [-0.2, -0.15) is 0 Å². The first-order valence-electron chi connectivity index (χ1n) is 6.50. The van der Waals surface area contributed by atoms with Crippen LogP contribution in [0.2, 0.25) is 0 Å². The maximum absolute atomic E-state index is 11.5. The molecule has 0 saturated carbocycles. The van der Waals surface area contributed by atoms with Crippen molar-refractivity contribution >= 4 is 5.97 Å². The molecule has 3 nitrogen and oxygen atoms in total. The van der Waals surface area contributed by atoms with Crippen molar-refractivity contribution in [1.29, 1.82) is 0 Å². The molecule has 1 aromatic carbocycles. The summed E-state index contributed by atoms with van der Waals surface area (Å²) < 4.78 is 10.2. The van der Waals surface area contributed by atoms with Crippen LogP contribution >= 0.6 is 0 Å². The second-order valence-electron chi connectivity index (χ2n) is 5.36. The zero-order chi connectivity index (χ0) is 12.6. The third kappa shape index (κ3) is 1.83. The molecule has 0 radical (unpaired) electrons. The van der Waals surface area contributed by atoms with Gasteiger partial charge in [0.15, 0.2) is 0 Å². The van der Waals surface area contributed by atoms with Gasteiger partial charge in [-0.05, 0) is 36.0 Å². The lowest BCUT2D eigenvalue weighted by atomic mass is 9.75. The second kappa shape index (κ2) is 4.39. The number of carbonyl (C=O) groups excluding carboxylic acids is 1. The highest BCUT2D eigenvalue weighted by atomic mass is 16.5. The molecule has 96 valence electrons. The van der Waals surface area contributed by atoms with Gasteiger partial charge in [-0.15, -0.1) is 0 Å². The van der Waals surface area contributed by atoms with E-state index in [-0.39, 0.29) is 11.4 Å². The SMILES string of the molecule is COC(=O)CC1(c2ccc3c(c2)CCC3)COC1. The first-order valence-corrected chi connectivity index (χ1v) is 6.50. The fourth-order valence-corrected chi connectivity index (χ4v) is 2.97. The average Bonchev–Trinajstić information content (AvgIpc) is 2.80. The Morgan fingerprint density at radius 3 is 2.78 bits per heavy atom. The molecule has 1 aliphatic heterocycles. The smallest absolute Gasteiger partial charge is 0.306 e. The lowest BCUT2D eigenvalue weighted by Crippen LogP contribution is -2.48. The minimum Gasteiger partial charge on any atom is -0.469 e. The first kappa shape index (κ1) is 11.7. The predicted molar refractivity (Wildman–Crippen MR) is 67.6 cm³/mol. The topological polar surface area (TPSA) is 35.5 Å². The summed E-state index contributed by atoms with van der Waals surface area (Å²) in [4.78, 5) is 11.5. The van der Waals surface area contributed by atoms with Crippen LogP contribution in [0.4, 0.5) is 0 Å². The van der Waals surface area contributed by atoms with Crippen LogP contribution in [0.1, 0.15) is 29.5 Å². The summed E-state index contributed by atoms with van der Waals surface area (Å²) in [6.07, 6.45) is 4.02. The van der Waals surface area contributed by atoms with Crippen molar-refractivity contribution in [1.82, 2.24) is 0 Å². The van der Waals surface area contributed by atoms with Crippen molar-refractivity contribution in [3.05, 3.63) is 34.9 Å². The average molecular weight is 246 g/mol. The van der Waals surface area contributed by atoms with Crippen LogP contribution in [0.25, 0.3) is 0 Å². The minimum atomic E-state index is -0.154. The number of carbonyl (C=O) groups is 1. The van der Waals surface area contributed by atoms with Crippen molar-refractivity contribution in [3.63, 3.8) is 0 Å². The van der Waals surface area contributed by atoms with E-state index in [9.17, 15) is 4.79 Å². The van der Waals surface area contributed by atoms with Crippen LogP contribution in [-0.2, 0) is 32.5 Å². The van der Waals surface area contributed by atoms with Crippen LogP contribution in [0, 0.1) is 0 Å². The number of benzene rings is 1. The van der Waals surface area contributed by atoms with E-state index in [0.29, 0.717) is 19.6 Å². The quantitative estimate of drug-likeness (QED) is 0.765. The molecular formula is C15H18O3. The Labute approximate surface area is 107 Å². The Bertz CT molecular complexity index is 475. The zero-order valence-electron chi connectivity index (χ0n) is 10.7. The Kier molecular flexibility index (Phi) is 2.86. The Balaban J connectivity index is 1.89. The standard InChI is InChI=1S/C15H18O3/c1-17-14(16)8-15(9-18-10-15)13-6-5-11-3-2-4-12(11)7-13/h5-7H,2-4,8-10H2,1H3. The monoisotopic (exact) mass is 246 g/mol. The van der Waals surface area contributed by atoms with Crippen LogP contribution in [0.3, 0.4) is 0 Å². The molecule has 2 aliphatic rings. The summed E-state index contributed by atoms with van der Waals surface area (Å²) in [5.74, 6) is -0.154. The van der Waals surface area contributed by atoms with Crippen LogP contribution in [-0.4, -0.2) is 26.3 Å². The third-order valence-electron chi connectivity index (χ3n) is 4.18. The third-order valence-corrected chi connectivity index (χ3v) is 4.18. The molecule has 0 unspecified atom stereocenters. The van der Waals surface area contributed by atoms with E-state index < -0.39 is 0 Å². The Hall–Kier alpha value is -1.35. The summed E-state index contributed by atoms with van der Waals surface area (Å²) >= 11 is 0. The largest absolute Gasteiger partial charge is 0.469 e. The summed E-state index contributed by atoms with van der Waals surface area (Å²) in [5.41, 5.74) is 4.00. The highest BCUT2D eigenvalue weighted by molar-refractivity contribution is 5.71. The lowest BCUT2D eigenvalue weighted by molar-refractivity contribution is -0.148. The number of hydrogen-bond donors (Lipinski definition) is 0. The molecule has 0 atom stereocenters. The van der Waals surface area contributed by atoms with Crippen LogP contribution in [0.5, 0.6) is 0 Å². The molecule has 0 aromatic heterocycles. The molecule has 1 fully saturated rings. The fourth-order valence-electron chi connectivity index (χ4n) is 2.97. The van der Waals surface area contributed by atoms with E-state index in [2.05, 4.69) is 18.2 Å². The van der Waals surface area contributed by atoms with Crippen molar-refractivity contribution in [2.75, 3.05) is 20.3 Å². The number of ether oxygens (including phenoxy) is 2. The maximum Gasteiger partial charge on any atom is 0.306 e. The Morgan fingerprint density at radius 2 is 2.11 bits per heavy atom. The normalized spacial score (nSPS) is 20.1.